The van der Waals surface area contributed by atoms with Crippen LogP contribution in [0.4, 0.5) is 4.39 Å². The van der Waals surface area contributed by atoms with E-state index in [2.05, 4.69) is 0 Å². The van der Waals surface area contributed by atoms with Crippen molar-refractivity contribution < 1.29 is 13.9 Å². The van der Waals surface area contributed by atoms with Crippen LogP contribution in [0.15, 0.2) is 23.1 Å². The first-order chi connectivity index (χ1) is 7.65. The number of ether oxygens (including phenoxy) is 1. The lowest BCUT2D eigenvalue weighted by molar-refractivity contribution is 0.101. The highest BCUT2D eigenvalue weighted by Crippen LogP contribution is 2.23. The molecule has 16 heavy (non-hydrogen) atoms. The van der Waals surface area contributed by atoms with Gasteiger partial charge in [-0.3, -0.25) is 4.79 Å². The van der Waals surface area contributed by atoms with Gasteiger partial charge in [0, 0.05) is 29.9 Å². The second-order valence-corrected chi connectivity index (χ2v) is 4.53. The molecule has 0 fully saturated rings. The fraction of sp³-hybridized carbons (Fsp3) is 0.417. The van der Waals surface area contributed by atoms with Crippen LogP contribution in [0.5, 0.6) is 0 Å². The third kappa shape index (κ3) is 3.94. The van der Waals surface area contributed by atoms with Gasteiger partial charge in [0.2, 0.25) is 0 Å². The Morgan fingerprint density at radius 1 is 1.50 bits per heavy atom. The number of benzene rings is 1. The summed E-state index contributed by atoms with van der Waals surface area (Å²) in [5, 5.41) is 0. The maximum Gasteiger partial charge on any atom is 0.159 e. The van der Waals surface area contributed by atoms with E-state index in [1.54, 1.807) is 19.2 Å². The minimum Gasteiger partial charge on any atom is -0.385 e. The van der Waals surface area contributed by atoms with Crippen LogP contribution in [0.2, 0.25) is 0 Å². The van der Waals surface area contributed by atoms with Crippen LogP contribution < -0.4 is 0 Å². The van der Waals surface area contributed by atoms with Crippen molar-refractivity contribution in [3.63, 3.8) is 0 Å². The minimum absolute atomic E-state index is 0.116. The van der Waals surface area contributed by atoms with Crippen molar-refractivity contribution >= 4 is 17.5 Å². The van der Waals surface area contributed by atoms with Crippen LogP contribution >= 0.6 is 11.8 Å². The summed E-state index contributed by atoms with van der Waals surface area (Å²) < 4.78 is 18.4. The summed E-state index contributed by atoms with van der Waals surface area (Å²) in [6.07, 6.45) is 0.884. The normalized spacial score (nSPS) is 10.4. The molecule has 2 nitrogen and oxygen atoms in total. The SMILES string of the molecule is COCCCSc1ccc(C(C)=O)cc1F. The fourth-order valence-corrected chi connectivity index (χ4v) is 2.07. The molecule has 0 N–H and O–H groups in total. The highest BCUT2D eigenvalue weighted by molar-refractivity contribution is 7.99. The van der Waals surface area contributed by atoms with Gasteiger partial charge in [-0.2, -0.15) is 0 Å². The van der Waals surface area contributed by atoms with Gasteiger partial charge in [-0.05, 0) is 25.5 Å². The van der Waals surface area contributed by atoms with E-state index in [0.29, 0.717) is 17.1 Å². The number of Topliss-reactive ketones (excluding diaryl/α,β-unsaturated/α-hetero) is 1. The summed E-state index contributed by atoms with van der Waals surface area (Å²) in [4.78, 5) is 11.6. The molecule has 0 unspecified atom stereocenters. The van der Waals surface area contributed by atoms with E-state index in [9.17, 15) is 9.18 Å². The maximum absolute atomic E-state index is 13.5. The predicted molar refractivity (Wildman–Crippen MR) is 63.6 cm³/mol. The Morgan fingerprint density at radius 3 is 2.81 bits per heavy atom. The fourth-order valence-electron chi connectivity index (χ4n) is 1.22. The molecule has 0 radical (unpaired) electrons. The highest BCUT2D eigenvalue weighted by atomic mass is 32.2. The van der Waals surface area contributed by atoms with E-state index in [0.717, 1.165) is 12.2 Å². The van der Waals surface area contributed by atoms with E-state index in [-0.39, 0.29) is 11.6 Å². The van der Waals surface area contributed by atoms with Crippen LogP contribution in [0.25, 0.3) is 0 Å². The van der Waals surface area contributed by atoms with Crippen molar-refractivity contribution in [2.24, 2.45) is 0 Å². The molecule has 1 aromatic carbocycles. The largest absolute Gasteiger partial charge is 0.385 e. The number of methoxy groups -OCH3 is 1. The highest BCUT2D eigenvalue weighted by Gasteiger charge is 2.06. The number of ketones is 1. The average molecular weight is 242 g/mol. The Kier molecular flexibility index (Phi) is 5.49. The molecule has 0 bridgehead atoms. The Labute approximate surface area is 99.2 Å². The lowest BCUT2D eigenvalue weighted by Crippen LogP contribution is -1.95. The molecule has 0 aliphatic heterocycles. The van der Waals surface area contributed by atoms with Gasteiger partial charge >= 0.3 is 0 Å². The van der Waals surface area contributed by atoms with E-state index < -0.39 is 0 Å². The summed E-state index contributed by atoms with van der Waals surface area (Å²) in [5.41, 5.74) is 0.416. The van der Waals surface area contributed by atoms with Gasteiger partial charge in [0.15, 0.2) is 5.78 Å². The minimum atomic E-state index is -0.324. The van der Waals surface area contributed by atoms with Crippen LogP contribution in [0, 0.1) is 5.82 Å². The molecule has 0 amide bonds. The molecule has 0 saturated heterocycles. The zero-order valence-electron chi connectivity index (χ0n) is 9.46. The summed E-state index contributed by atoms with van der Waals surface area (Å²) in [6.45, 7) is 2.11. The van der Waals surface area contributed by atoms with Crippen LogP contribution in [0.3, 0.4) is 0 Å². The molecule has 0 saturated carbocycles. The molecule has 88 valence electrons. The summed E-state index contributed by atoms with van der Waals surface area (Å²) in [7, 11) is 1.65. The van der Waals surface area contributed by atoms with Gasteiger partial charge in [0.25, 0.3) is 0 Å². The number of thioether (sulfide) groups is 1. The summed E-state index contributed by atoms with van der Waals surface area (Å²) in [6, 6.07) is 4.61. The van der Waals surface area contributed by atoms with E-state index >= 15 is 0 Å². The predicted octanol–water partition coefficient (Wildman–Crippen LogP) is 3.16. The Balaban J connectivity index is 2.57. The molecule has 1 aromatic rings. The molecular weight excluding hydrogens is 227 g/mol. The average Bonchev–Trinajstić information content (AvgIpc) is 2.26. The first-order valence-corrected chi connectivity index (χ1v) is 6.06. The first-order valence-electron chi connectivity index (χ1n) is 5.07. The topological polar surface area (TPSA) is 26.3 Å². The second-order valence-electron chi connectivity index (χ2n) is 3.40. The molecule has 0 aromatic heterocycles. The van der Waals surface area contributed by atoms with Gasteiger partial charge in [0.1, 0.15) is 5.82 Å². The van der Waals surface area contributed by atoms with Crippen molar-refractivity contribution in [3.8, 4) is 0 Å². The second kappa shape index (κ2) is 6.66. The zero-order valence-corrected chi connectivity index (χ0v) is 10.3. The van der Waals surface area contributed by atoms with Gasteiger partial charge in [0.05, 0.1) is 0 Å². The van der Waals surface area contributed by atoms with Gasteiger partial charge < -0.3 is 4.74 Å². The maximum atomic E-state index is 13.5. The van der Waals surface area contributed by atoms with Gasteiger partial charge in [-0.15, -0.1) is 11.8 Å². The Hall–Kier alpha value is -0.870. The molecule has 0 aliphatic rings. The van der Waals surface area contributed by atoms with Crippen molar-refractivity contribution in [2.75, 3.05) is 19.5 Å². The van der Waals surface area contributed by atoms with Crippen molar-refractivity contribution in [3.05, 3.63) is 29.6 Å². The zero-order chi connectivity index (χ0) is 12.0. The van der Waals surface area contributed by atoms with E-state index in [1.807, 2.05) is 0 Å². The van der Waals surface area contributed by atoms with Crippen molar-refractivity contribution in [1.29, 1.82) is 0 Å². The molecular formula is C12H15FO2S. The Morgan fingerprint density at radius 2 is 2.25 bits per heavy atom. The smallest absolute Gasteiger partial charge is 0.159 e. The summed E-state index contributed by atoms with van der Waals surface area (Å²) in [5.74, 6) is 0.370. The Bertz CT molecular complexity index is 366. The number of hydrogen-bond donors (Lipinski definition) is 0. The molecule has 0 heterocycles. The van der Waals surface area contributed by atoms with E-state index in [1.165, 1.54) is 24.8 Å². The number of rotatable bonds is 6. The molecule has 0 atom stereocenters. The lowest BCUT2D eigenvalue weighted by atomic mass is 10.1. The monoisotopic (exact) mass is 242 g/mol. The third-order valence-corrected chi connectivity index (χ3v) is 3.22. The van der Waals surface area contributed by atoms with E-state index in [4.69, 9.17) is 4.74 Å². The van der Waals surface area contributed by atoms with Crippen LogP contribution in [-0.4, -0.2) is 25.3 Å². The molecule has 4 heteroatoms. The number of hydrogen-bond acceptors (Lipinski definition) is 3. The number of halogens is 1. The molecule has 1 rings (SSSR count). The van der Waals surface area contributed by atoms with Crippen LogP contribution in [-0.2, 0) is 4.74 Å². The van der Waals surface area contributed by atoms with Crippen molar-refractivity contribution in [1.82, 2.24) is 0 Å². The van der Waals surface area contributed by atoms with Crippen molar-refractivity contribution in [2.45, 2.75) is 18.2 Å². The molecule has 0 aliphatic carbocycles. The van der Waals surface area contributed by atoms with Gasteiger partial charge in [-0.25, -0.2) is 4.39 Å². The first kappa shape index (κ1) is 13.2. The standard InChI is InChI=1S/C12H15FO2S/c1-9(14)10-4-5-12(11(13)8-10)16-7-3-6-15-2/h4-5,8H,3,6-7H2,1-2H3. The third-order valence-electron chi connectivity index (χ3n) is 2.09. The molecule has 0 spiro atoms. The lowest BCUT2D eigenvalue weighted by Gasteiger charge is -2.04. The number of carbonyl (C=O) groups is 1. The summed E-state index contributed by atoms with van der Waals surface area (Å²) >= 11 is 1.44. The van der Waals surface area contributed by atoms with Crippen LogP contribution in [0.1, 0.15) is 23.7 Å². The van der Waals surface area contributed by atoms with Gasteiger partial charge in [-0.1, -0.05) is 6.07 Å². The quantitative estimate of drug-likeness (QED) is 0.435. The number of carbonyl (C=O) groups excluding carboxylic acids is 1.